The molecule has 0 fully saturated rings. The van der Waals surface area contributed by atoms with Crippen molar-refractivity contribution in [3.8, 4) is 11.5 Å². The first kappa shape index (κ1) is 19.4. The average molecular weight is 382 g/mol. The molecule has 7 heteroatoms. The predicted octanol–water partition coefficient (Wildman–Crippen LogP) is 3.04. The topological polar surface area (TPSA) is 84.9 Å². The summed E-state index contributed by atoms with van der Waals surface area (Å²) in [6.07, 6.45) is -0.469. The van der Waals surface area contributed by atoms with Crippen molar-refractivity contribution in [1.29, 1.82) is 0 Å². The molecular formula is C21H22N2O5. The van der Waals surface area contributed by atoms with Gasteiger partial charge in [-0.25, -0.2) is 0 Å². The molecule has 0 radical (unpaired) electrons. The molecule has 2 amide bonds. The van der Waals surface area contributed by atoms with Gasteiger partial charge in [0, 0.05) is 25.5 Å². The van der Waals surface area contributed by atoms with Crippen molar-refractivity contribution in [2.24, 2.45) is 0 Å². The van der Waals surface area contributed by atoms with Crippen LogP contribution < -0.4 is 19.7 Å². The number of methoxy groups -OCH3 is 1. The maximum absolute atomic E-state index is 12.5. The molecule has 7 nitrogen and oxygen atoms in total. The minimum atomic E-state index is -0.558. The highest BCUT2D eigenvalue weighted by atomic mass is 16.5. The monoisotopic (exact) mass is 382 g/mol. The summed E-state index contributed by atoms with van der Waals surface area (Å²) in [6, 6.07) is 12.0. The van der Waals surface area contributed by atoms with Crippen LogP contribution in [0, 0.1) is 0 Å². The Morgan fingerprint density at radius 2 is 1.93 bits per heavy atom. The molecule has 1 aliphatic rings. The van der Waals surface area contributed by atoms with Crippen LogP contribution in [0.15, 0.2) is 42.5 Å². The van der Waals surface area contributed by atoms with Crippen molar-refractivity contribution in [3.05, 3.63) is 48.0 Å². The van der Waals surface area contributed by atoms with Crippen LogP contribution in [0.5, 0.6) is 11.5 Å². The lowest BCUT2D eigenvalue weighted by molar-refractivity contribution is -0.125. The van der Waals surface area contributed by atoms with Gasteiger partial charge < -0.3 is 19.7 Å². The van der Waals surface area contributed by atoms with Crippen LogP contribution in [0.4, 0.5) is 11.4 Å². The van der Waals surface area contributed by atoms with Crippen LogP contribution in [0.25, 0.3) is 0 Å². The van der Waals surface area contributed by atoms with Crippen molar-refractivity contribution >= 4 is 29.0 Å². The molecule has 0 aromatic heterocycles. The second-order valence-electron chi connectivity index (χ2n) is 6.51. The van der Waals surface area contributed by atoms with Gasteiger partial charge in [0.25, 0.3) is 5.91 Å². The summed E-state index contributed by atoms with van der Waals surface area (Å²) in [5.74, 6) is 0.477. The maximum Gasteiger partial charge on any atom is 0.267 e. The van der Waals surface area contributed by atoms with Crippen molar-refractivity contribution in [3.63, 3.8) is 0 Å². The number of Topliss-reactive ketones (excluding diaryl/α,β-unsaturated/α-hetero) is 1. The molecule has 1 aliphatic heterocycles. The molecule has 2 aromatic carbocycles. The molecule has 28 heavy (non-hydrogen) atoms. The van der Waals surface area contributed by atoms with Gasteiger partial charge in [-0.3, -0.25) is 14.4 Å². The number of para-hydroxylation sites is 2. The van der Waals surface area contributed by atoms with E-state index in [1.165, 1.54) is 12.0 Å². The highest BCUT2D eigenvalue weighted by molar-refractivity contribution is 6.04. The minimum Gasteiger partial charge on any atom is -0.495 e. The highest BCUT2D eigenvalue weighted by Gasteiger charge is 2.29. The van der Waals surface area contributed by atoms with Crippen LogP contribution in [0.3, 0.4) is 0 Å². The molecular weight excluding hydrogens is 360 g/mol. The molecule has 146 valence electrons. The third-order valence-corrected chi connectivity index (χ3v) is 4.58. The van der Waals surface area contributed by atoms with Gasteiger partial charge in [0.05, 0.1) is 18.5 Å². The van der Waals surface area contributed by atoms with E-state index in [0.717, 1.165) is 0 Å². The zero-order valence-electron chi connectivity index (χ0n) is 16.0. The first-order valence-electron chi connectivity index (χ1n) is 8.95. The van der Waals surface area contributed by atoms with Crippen LogP contribution in [-0.2, 0) is 9.59 Å². The number of ether oxygens (including phenoxy) is 2. The molecule has 0 saturated heterocycles. The Morgan fingerprint density at radius 3 is 2.68 bits per heavy atom. The number of ketones is 1. The van der Waals surface area contributed by atoms with Crippen molar-refractivity contribution in [2.45, 2.75) is 25.9 Å². The van der Waals surface area contributed by atoms with E-state index in [9.17, 15) is 14.4 Å². The zero-order valence-corrected chi connectivity index (χ0v) is 16.0. The zero-order chi connectivity index (χ0) is 20.3. The molecule has 0 bridgehead atoms. The van der Waals surface area contributed by atoms with Gasteiger partial charge >= 0.3 is 0 Å². The largest absolute Gasteiger partial charge is 0.495 e. The van der Waals surface area contributed by atoms with Gasteiger partial charge in [-0.1, -0.05) is 12.1 Å². The fraction of sp³-hybridized carbons (Fsp3) is 0.286. The molecule has 0 aliphatic carbocycles. The number of fused-ring (bicyclic) bond motifs is 1. The number of likely N-dealkylation sites (N-methyl/N-ethyl adjacent to an activating group) is 1. The first-order chi connectivity index (χ1) is 13.4. The van der Waals surface area contributed by atoms with Gasteiger partial charge in [0.15, 0.2) is 11.9 Å². The van der Waals surface area contributed by atoms with E-state index < -0.39 is 6.10 Å². The van der Waals surface area contributed by atoms with E-state index in [-0.39, 0.29) is 30.4 Å². The van der Waals surface area contributed by atoms with E-state index in [1.807, 2.05) is 0 Å². The van der Waals surface area contributed by atoms with E-state index in [4.69, 9.17) is 9.47 Å². The lowest BCUT2D eigenvalue weighted by Gasteiger charge is -2.30. The Bertz CT molecular complexity index is 925. The number of carbonyl (C=O) groups is 3. The highest BCUT2D eigenvalue weighted by Crippen LogP contribution is 2.34. The van der Waals surface area contributed by atoms with Gasteiger partial charge in [0.2, 0.25) is 5.91 Å². The number of benzene rings is 2. The second-order valence-corrected chi connectivity index (χ2v) is 6.51. The Morgan fingerprint density at radius 1 is 1.18 bits per heavy atom. The van der Waals surface area contributed by atoms with Gasteiger partial charge in [0.1, 0.15) is 11.5 Å². The number of amides is 2. The number of hydrogen-bond donors (Lipinski definition) is 1. The molecule has 1 unspecified atom stereocenters. The Balaban J connectivity index is 1.64. The molecule has 0 spiro atoms. The third-order valence-electron chi connectivity index (χ3n) is 4.58. The van der Waals surface area contributed by atoms with E-state index >= 15 is 0 Å². The summed E-state index contributed by atoms with van der Waals surface area (Å²) in [4.78, 5) is 38.2. The Kier molecular flexibility index (Phi) is 5.63. The summed E-state index contributed by atoms with van der Waals surface area (Å²) < 4.78 is 10.8. The number of carbonyl (C=O) groups excluding carboxylic acids is 3. The number of nitrogens with zero attached hydrogens (tertiary/aromatic N) is 1. The fourth-order valence-corrected chi connectivity index (χ4v) is 3.02. The normalized spacial score (nSPS) is 15.5. The van der Waals surface area contributed by atoms with E-state index in [1.54, 1.807) is 56.4 Å². The fourth-order valence-electron chi connectivity index (χ4n) is 3.02. The summed E-state index contributed by atoms with van der Waals surface area (Å²) in [7, 11) is 3.17. The summed E-state index contributed by atoms with van der Waals surface area (Å²) in [5.41, 5.74) is 1.54. The molecule has 0 saturated carbocycles. The summed E-state index contributed by atoms with van der Waals surface area (Å²) >= 11 is 0. The second kappa shape index (κ2) is 8.12. The lowest BCUT2D eigenvalue weighted by Crippen LogP contribution is -2.42. The molecule has 3 rings (SSSR count). The lowest BCUT2D eigenvalue weighted by atomic mass is 10.0. The Hall–Kier alpha value is -3.35. The number of hydrogen-bond acceptors (Lipinski definition) is 5. The molecule has 1 heterocycles. The van der Waals surface area contributed by atoms with E-state index in [0.29, 0.717) is 28.4 Å². The van der Waals surface area contributed by atoms with Crippen LogP contribution in [-0.4, -0.2) is 37.9 Å². The molecule has 2 aromatic rings. The average Bonchev–Trinajstić information content (AvgIpc) is 2.70. The van der Waals surface area contributed by atoms with Crippen molar-refractivity contribution in [1.82, 2.24) is 0 Å². The van der Waals surface area contributed by atoms with Gasteiger partial charge in [-0.15, -0.1) is 0 Å². The van der Waals surface area contributed by atoms with Crippen LogP contribution >= 0.6 is 0 Å². The van der Waals surface area contributed by atoms with Crippen molar-refractivity contribution in [2.75, 3.05) is 24.4 Å². The first-order valence-corrected chi connectivity index (χ1v) is 8.95. The number of rotatable bonds is 6. The van der Waals surface area contributed by atoms with Gasteiger partial charge in [-0.05, 0) is 37.3 Å². The SMILES string of the molecule is COc1ccccc1NC(=O)CCC(=O)c1ccc2c(c1)N(C)C(=O)C(C)O2. The summed E-state index contributed by atoms with van der Waals surface area (Å²) in [6.45, 7) is 1.68. The smallest absolute Gasteiger partial charge is 0.267 e. The number of anilines is 2. The van der Waals surface area contributed by atoms with Gasteiger partial charge in [-0.2, -0.15) is 0 Å². The standard InChI is InChI=1S/C21H22N2O5/c1-13-21(26)23(2)16-12-14(8-10-19(16)28-13)17(24)9-11-20(25)22-15-6-4-5-7-18(15)27-3/h4-8,10,12-13H,9,11H2,1-3H3,(H,22,25). The quantitative estimate of drug-likeness (QED) is 0.776. The van der Waals surface area contributed by atoms with E-state index in [2.05, 4.69) is 5.32 Å². The van der Waals surface area contributed by atoms with Crippen molar-refractivity contribution < 1.29 is 23.9 Å². The minimum absolute atomic E-state index is 0.0380. The number of nitrogens with one attached hydrogen (secondary N) is 1. The van der Waals surface area contributed by atoms with Crippen LogP contribution in [0.1, 0.15) is 30.1 Å². The third kappa shape index (κ3) is 3.98. The molecule has 1 N–H and O–H groups in total. The molecule has 1 atom stereocenters. The summed E-state index contributed by atoms with van der Waals surface area (Å²) in [5, 5.41) is 2.75. The maximum atomic E-state index is 12.5. The Labute approximate surface area is 163 Å². The predicted molar refractivity (Wildman–Crippen MR) is 105 cm³/mol. The van der Waals surface area contributed by atoms with Crippen LogP contribution in [0.2, 0.25) is 0 Å².